The smallest absolute Gasteiger partial charge is 0.286 e. The van der Waals surface area contributed by atoms with Crippen LogP contribution in [0.25, 0.3) is 0 Å². The molecule has 9 heteroatoms. The molecule has 1 aromatic heterocycles. The predicted molar refractivity (Wildman–Crippen MR) is 99.9 cm³/mol. The van der Waals surface area contributed by atoms with E-state index < -0.39 is 15.9 Å². The van der Waals surface area contributed by atoms with E-state index in [0.29, 0.717) is 18.7 Å². The topological polar surface area (TPSA) is 109 Å². The summed E-state index contributed by atoms with van der Waals surface area (Å²) in [6.07, 6.45) is 2.14. The van der Waals surface area contributed by atoms with Crippen molar-refractivity contribution in [3.05, 3.63) is 54.0 Å². The summed E-state index contributed by atoms with van der Waals surface area (Å²) in [6, 6.07) is 10.5. The highest BCUT2D eigenvalue weighted by molar-refractivity contribution is 7.92. The first-order chi connectivity index (χ1) is 13.0. The van der Waals surface area contributed by atoms with Crippen molar-refractivity contribution in [3.8, 4) is 0 Å². The van der Waals surface area contributed by atoms with Gasteiger partial charge in [0.1, 0.15) is 0 Å². The standard InChI is InChI=1S/C18H21N3O5S/c22-17(7-9-20-18(23)16-6-3-12-26-16)19-10-13-27(24,25)21-11-8-14-4-1-2-5-15(14)21/h1-6,12H,7-11,13H2,(H,19,22)(H,20,23). The molecule has 0 saturated carbocycles. The third kappa shape index (κ3) is 4.68. The Bertz CT molecular complexity index is 909. The summed E-state index contributed by atoms with van der Waals surface area (Å²) in [6.45, 7) is 0.581. The van der Waals surface area contributed by atoms with E-state index in [0.717, 1.165) is 5.56 Å². The second-order valence-electron chi connectivity index (χ2n) is 6.10. The summed E-state index contributed by atoms with van der Waals surface area (Å²) in [5.74, 6) is -0.728. The molecule has 0 aliphatic carbocycles. The molecule has 0 radical (unpaired) electrons. The van der Waals surface area contributed by atoms with Crippen LogP contribution in [0.1, 0.15) is 22.5 Å². The Morgan fingerprint density at radius 3 is 2.67 bits per heavy atom. The Morgan fingerprint density at radius 2 is 1.89 bits per heavy atom. The monoisotopic (exact) mass is 391 g/mol. The number of amides is 2. The molecule has 0 saturated heterocycles. The van der Waals surface area contributed by atoms with Gasteiger partial charge in [0.05, 0.1) is 17.7 Å². The van der Waals surface area contributed by atoms with Gasteiger partial charge in [0.25, 0.3) is 5.91 Å². The van der Waals surface area contributed by atoms with E-state index in [2.05, 4.69) is 10.6 Å². The number of fused-ring (bicyclic) bond motifs is 1. The Hall–Kier alpha value is -2.81. The lowest BCUT2D eigenvalue weighted by molar-refractivity contribution is -0.120. The Labute approximate surface area is 157 Å². The highest BCUT2D eigenvalue weighted by Gasteiger charge is 2.28. The van der Waals surface area contributed by atoms with Gasteiger partial charge >= 0.3 is 0 Å². The van der Waals surface area contributed by atoms with E-state index in [1.54, 1.807) is 12.1 Å². The average Bonchev–Trinajstić information content (AvgIpc) is 3.31. The van der Waals surface area contributed by atoms with Crippen molar-refractivity contribution in [1.82, 2.24) is 10.6 Å². The second-order valence-corrected chi connectivity index (χ2v) is 8.11. The molecule has 1 aliphatic rings. The number of carbonyl (C=O) groups excluding carboxylic acids is 2. The predicted octanol–water partition coefficient (Wildman–Crippen LogP) is 0.908. The molecule has 0 spiro atoms. The number of benzene rings is 1. The summed E-state index contributed by atoms with van der Waals surface area (Å²) in [7, 11) is -3.50. The van der Waals surface area contributed by atoms with Crippen LogP contribution in [0.4, 0.5) is 5.69 Å². The first-order valence-electron chi connectivity index (χ1n) is 8.64. The van der Waals surface area contributed by atoms with Gasteiger partial charge in [-0.3, -0.25) is 13.9 Å². The number of anilines is 1. The van der Waals surface area contributed by atoms with Crippen LogP contribution in [0.5, 0.6) is 0 Å². The molecule has 2 amide bonds. The maximum atomic E-state index is 12.5. The number of carbonyl (C=O) groups is 2. The van der Waals surface area contributed by atoms with Crippen LogP contribution in [0.3, 0.4) is 0 Å². The number of hydrogen-bond acceptors (Lipinski definition) is 5. The van der Waals surface area contributed by atoms with Crippen molar-refractivity contribution >= 4 is 27.5 Å². The van der Waals surface area contributed by atoms with Crippen LogP contribution in [0.15, 0.2) is 47.1 Å². The minimum Gasteiger partial charge on any atom is -0.459 e. The minimum atomic E-state index is -3.50. The quantitative estimate of drug-likeness (QED) is 0.695. The lowest BCUT2D eigenvalue weighted by atomic mass is 10.2. The number of para-hydroxylation sites is 1. The van der Waals surface area contributed by atoms with Crippen molar-refractivity contribution in [2.45, 2.75) is 12.8 Å². The molecule has 3 rings (SSSR count). The summed E-state index contributed by atoms with van der Waals surface area (Å²) < 4.78 is 31.4. The average molecular weight is 391 g/mol. The zero-order chi connectivity index (χ0) is 19.3. The molecule has 0 atom stereocenters. The SMILES string of the molecule is O=C(CCNC(=O)c1ccco1)NCCS(=O)(=O)N1CCc2ccccc21. The molecule has 0 unspecified atom stereocenters. The molecular weight excluding hydrogens is 370 g/mol. The normalized spacial score (nSPS) is 13.3. The van der Waals surface area contributed by atoms with Gasteiger partial charge in [-0.1, -0.05) is 18.2 Å². The minimum absolute atomic E-state index is 0.0198. The van der Waals surface area contributed by atoms with Gasteiger partial charge < -0.3 is 15.1 Å². The molecule has 27 heavy (non-hydrogen) atoms. The Morgan fingerprint density at radius 1 is 1.07 bits per heavy atom. The van der Waals surface area contributed by atoms with Crippen LogP contribution in [0, 0.1) is 0 Å². The van der Waals surface area contributed by atoms with Gasteiger partial charge in [0.2, 0.25) is 15.9 Å². The van der Waals surface area contributed by atoms with Gasteiger partial charge in [-0.05, 0) is 30.2 Å². The molecule has 2 heterocycles. The zero-order valence-corrected chi connectivity index (χ0v) is 15.5. The molecule has 2 N–H and O–H groups in total. The molecule has 1 aromatic carbocycles. The molecule has 144 valence electrons. The fraction of sp³-hybridized carbons (Fsp3) is 0.333. The van der Waals surface area contributed by atoms with E-state index in [1.165, 1.54) is 16.6 Å². The molecule has 0 fully saturated rings. The van der Waals surface area contributed by atoms with Gasteiger partial charge in [-0.2, -0.15) is 0 Å². The van der Waals surface area contributed by atoms with Crippen LogP contribution < -0.4 is 14.9 Å². The van der Waals surface area contributed by atoms with Gasteiger partial charge in [-0.25, -0.2) is 8.42 Å². The summed E-state index contributed by atoms with van der Waals surface area (Å²) in [4.78, 5) is 23.5. The molecule has 0 bridgehead atoms. The highest BCUT2D eigenvalue weighted by atomic mass is 32.2. The highest BCUT2D eigenvalue weighted by Crippen LogP contribution is 2.29. The van der Waals surface area contributed by atoms with Gasteiger partial charge in [0, 0.05) is 26.1 Å². The maximum Gasteiger partial charge on any atom is 0.286 e. The summed E-state index contributed by atoms with van der Waals surface area (Å²) >= 11 is 0. The number of rotatable bonds is 8. The maximum absolute atomic E-state index is 12.5. The number of sulfonamides is 1. The molecule has 1 aliphatic heterocycles. The van der Waals surface area contributed by atoms with Crippen molar-refractivity contribution in [3.63, 3.8) is 0 Å². The Balaban J connectivity index is 1.40. The van der Waals surface area contributed by atoms with E-state index in [9.17, 15) is 18.0 Å². The summed E-state index contributed by atoms with van der Waals surface area (Å²) in [5, 5.41) is 5.13. The number of nitrogens with zero attached hydrogens (tertiary/aromatic N) is 1. The first-order valence-corrected chi connectivity index (χ1v) is 10.2. The third-order valence-corrected chi connectivity index (χ3v) is 6.02. The van der Waals surface area contributed by atoms with Crippen LogP contribution >= 0.6 is 0 Å². The van der Waals surface area contributed by atoms with E-state index >= 15 is 0 Å². The van der Waals surface area contributed by atoms with Crippen LogP contribution in [-0.2, 0) is 21.2 Å². The molecule has 2 aromatic rings. The third-order valence-electron chi connectivity index (χ3n) is 4.25. The lowest BCUT2D eigenvalue weighted by Gasteiger charge is -2.19. The first kappa shape index (κ1) is 19.0. The van der Waals surface area contributed by atoms with Crippen molar-refractivity contribution in [2.24, 2.45) is 0 Å². The van der Waals surface area contributed by atoms with Crippen LogP contribution in [-0.4, -0.2) is 45.6 Å². The van der Waals surface area contributed by atoms with Crippen molar-refractivity contribution in [2.75, 3.05) is 29.7 Å². The number of nitrogens with one attached hydrogen (secondary N) is 2. The van der Waals surface area contributed by atoms with E-state index in [1.807, 2.05) is 18.2 Å². The lowest BCUT2D eigenvalue weighted by Crippen LogP contribution is -2.37. The zero-order valence-electron chi connectivity index (χ0n) is 14.7. The molecule has 8 nitrogen and oxygen atoms in total. The summed E-state index contributed by atoms with van der Waals surface area (Å²) in [5.41, 5.74) is 1.72. The fourth-order valence-corrected chi connectivity index (χ4v) is 4.33. The van der Waals surface area contributed by atoms with Gasteiger partial charge in [0.15, 0.2) is 5.76 Å². The number of furan rings is 1. The number of hydrogen-bond donors (Lipinski definition) is 2. The van der Waals surface area contributed by atoms with Crippen LogP contribution in [0.2, 0.25) is 0 Å². The fourth-order valence-electron chi connectivity index (χ4n) is 2.90. The van der Waals surface area contributed by atoms with Gasteiger partial charge in [-0.15, -0.1) is 0 Å². The second kappa shape index (κ2) is 8.26. The Kier molecular flexibility index (Phi) is 5.80. The van der Waals surface area contributed by atoms with E-state index in [4.69, 9.17) is 4.42 Å². The molecular formula is C18H21N3O5S. The van der Waals surface area contributed by atoms with E-state index in [-0.39, 0.29) is 36.9 Å². The van der Waals surface area contributed by atoms with Crippen molar-refractivity contribution < 1.29 is 22.4 Å². The largest absolute Gasteiger partial charge is 0.459 e. The van der Waals surface area contributed by atoms with Crippen molar-refractivity contribution in [1.29, 1.82) is 0 Å².